The van der Waals surface area contributed by atoms with Crippen LogP contribution in [-0.2, 0) is 0 Å². The molecule has 0 atom stereocenters. The summed E-state index contributed by atoms with van der Waals surface area (Å²) in [4.78, 5) is 26.5. The second kappa shape index (κ2) is 5.86. The lowest BCUT2D eigenvalue weighted by molar-refractivity contribution is 0.102. The second-order valence-corrected chi connectivity index (χ2v) is 4.97. The molecule has 21 heavy (non-hydrogen) atoms. The fourth-order valence-corrected chi connectivity index (χ4v) is 2.30. The Morgan fingerprint density at radius 3 is 2.86 bits per heavy atom. The predicted molar refractivity (Wildman–Crippen MR) is 77.2 cm³/mol. The molecule has 0 spiro atoms. The summed E-state index contributed by atoms with van der Waals surface area (Å²) in [6, 6.07) is 1.56. The first-order valence-electron chi connectivity index (χ1n) is 7.01. The van der Waals surface area contributed by atoms with Crippen molar-refractivity contribution in [2.75, 3.05) is 23.3 Å². The van der Waals surface area contributed by atoms with Gasteiger partial charge < -0.3 is 4.90 Å². The first-order valence-corrected chi connectivity index (χ1v) is 7.01. The van der Waals surface area contributed by atoms with E-state index < -0.39 is 0 Å². The van der Waals surface area contributed by atoms with Gasteiger partial charge in [-0.3, -0.25) is 10.1 Å². The molecule has 0 aromatic carbocycles. The van der Waals surface area contributed by atoms with E-state index in [1.165, 1.54) is 6.42 Å². The lowest BCUT2D eigenvalue weighted by Crippen LogP contribution is -2.30. The van der Waals surface area contributed by atoms with Crippen molar-refractivity contribution in [3.63, 3.8) is 0 Å². The number of amides is 1. The topological polar surface area (TPSA) is 99.7 Å². The van der Waals surface area contributed by atoms with Crippen molar-refractivity contribution in [3.05, 3.63) is 23.8 Å². The first-order chi connectivity index (χ1) is 10.2. The molecule has 110 valence electrons. The minimum Gasteiger partial charge on any atom is -0.340 e. The normalized spacial score (nSPS) is 15.0. The maximum absolute atomic E-state index is 12.0. The molecule has 0 aliphatic carbocycles. The number of aromatic nitrogens is 5. The van der Waals surface area contributed by atoms with Gasteiger partial charge in [0, 0.05) is 19.3 Å². The number of hydrogen-bond acceptors (Lipinski definition) is 6. The maximum Gasteiger partial charge on any atom is 0.276 e. The van der Waals surface area contributed by atoms with Crippen molar-refractivity contribution in [3.8, 4) is 0 Å². The molecule has 0 bridgehead atoms. The van der Waals surface area contributed by atoms with E-state index in [-0.39, 0.29) is 5.91 Å². The van der Waals surface area contributed by atoms with E-state index >= 15 is 0 Å². The number of nitrogens with zero attached hydrogens (tertiary/aromatic N) is 5. The smallest absolute Gasteiger partial charge is 0.276 e. The Morgan fingerprint density at radius 1 is 1.29 bits per heavy atom. The van der Waals surface area contributed by atoms with Crippen LogP contribution < -0.4 is 10.2 Å². The fourth-order valence-electron chi connectivity index (χ4n) is 2.30. The van der Waals surface area contributed by atoms with Gasteiger partial charge in [-0.25, -0.2) is 15.1 Å². The van der Waals surface area contributed by atoms with E-state index in [0.29, 0.717) is 23.4 Å². The summed E-state index contributed by atoms with van der Waals surface area (Å²) in [5, 5.41) is 9.55. The Kier molecular flexibility index (Phi) is 3.76. The number of rotatable bonds is 3. The van der Waals surface area contributed by atoms with Crippen LogP contribution in [0.2, 0.25) is 0 Å². The number of aromatic amines is 1. The van der Waals surface area contributed by atoms with E-state index in [1.54, 1.807) is 19.2 Å². The number of aryl methyl sites for hydroxylation is 1. The van der Waals surface area contributed by atoms with Gasteiger partial charge in [-0.2, -0.15) is 4.98 Å². The first kappa shape index (κ1) is 13.5. The summed E-state index contributed by atoms with van der Waals surface area (Å²) in [5.41, 5.74) is 0.304. The molecule has 0 radical (unpaired) electrons. The average Bonchev–Trinajstić information content (AvgIpc) is 2.97. The number of piperidine rings is 1. The second-order valence-electron chi connectivity index (χ2n) is 4.97. The summed E-state index contributed by atoms with van der Waals surface area (Å²) in [6.07, 6.45) is 5.10. The van der Waals surface area contributed by atoms with Gasteiger partial charge in [0.1, 0.15) is 11.5 Å². The lowest BCUT2D eigenvalue weighted by atomic mass is 10.1. The Balaban J connectivity index is 1.68. The van der Waals surface area contributed by atoms with Crippen molar-refractivity contribution in [2.24, 2.45) is 0 Å². The van der Waals surface area contributed by atoms with Crippen LogP contribution in [-0.4, -0.2) is 44.1 Å². The third-order valence-electron chi connectivity index (χ3n) is 3.35. The van der Waals surface area contributed by atoms with Crippen molar-refractivity contribution < 1.29 is 4.79 Å². The molecule has 1 amide bonds. The lowest BCUT2D eigenvalue weighted by Gasteiger charge is -2.24. The third kappa shape index (κ3) is 3.15. The quantitative estimate of drug-likeness (QED) is 0.878. The Hall–Kier alpha value is -2.51. The van der Waals surface area contributed by atoms with Crippen molar-refractivity contribution in [1.82, 2.24) is 25.1 Å². The molecule has 1 aliphatic heterocycles. The minimum atomic E-state index is -0.332. The van der Waals surface area contributed by atoms with Crippen LogP contribution in [0.5, 0.6) is 0 Å². The van der Waals surface area contributed by atoms with Gasteiger partial charge in [0.05, 0.1) is 0 Å². The van der Waals surface area contributed by atoms with E-state index in [9.17, 15) is 4.79 Å². The molecule has 1 fully saturated rings. The number of anilines is 2. The number of carbonyl (C=O) groups excluding carboxylic acids is 1. The molecule has 8 heteroatoms. The van der Waals surface area contributed by atoms with E-state index in [1.807, 2.05) is 0 Å². The van der Waals surface area contributed by atoms with Gasteiger partial charge in [0.15, 0.2) is 0 Å². The zero-order chi connectivity index (χ0) is 14.7. The van der Waals surface area contributed by atoms with E-state index in [4.69, 9.17) is 0 Å². The van der Waals surface area contributed by atoms with Crippen molar-refractivity contribution in [2.45, 2.75) is 26.2 Å². The zero-order valence-corrected chi connectivity index (χ0v) is 11.8. The average molecular weight is 287 g/mol. The number of hydrogen-bond donors (Lipinski definition) is 2. The standard InChI is InChI=1S/C13H17N7O/c1-9-14-6-5-10(15-9)11(21)16-12-17-13(19-18-12)20-7-3-2-4-8-20/h5-6H,2-4,7-8H2,1H3,(H2,16,17,18,19,21). The molecule has 2 N–H and O–H groups in total. The zero-order valence-electron chi connectivity index (χ0n) is 11.8. The van der Waals surface area contributed by atoms with Crippen LogP contribution in [0, 0.1) is 6.92 Å². The van der Waals surface area contributed by atoms with Gasteiger partial charge in [0.25, 0.3) is 5.91 Å². The number of nitrogens with one attached hydrogen (secondary N) is 2. The Labute approximate surface area is 122 Å². The summed E-state index contributed by atoms with van der Waals surface area (Å²) in [6.45, 7) is 3.65. The van der Waals surface area contributed by atoms with Crippen LogP contribution in [0.25, 0.3) is 0 Å². The van der Waals surface area contributed by atoms with Crippen molar-refractivity contribution in [1.29, 1.82) is 0 Å². The number of carbonyl (C=O) groups is 1. The SMILES string of the molecule is Cc1nccc(C(=O)Nc2nc(N3CCCCC3)n[nH]2)n1. The largest absolute Gasteiger partial charge is 0.340 e. The van der Waals surface area contributed by atoms with Crippen LogP contribution in [0.15, 0.2) is 12.3 Å². The molecule has 2 aromatic rings. The van der Waals surface area contributed by atoms with Gasteiger partial charge in [-0.05, 0) is 32.3 Å². The third-order valence-corrected chi connectivity index (χ3v) is 3.35. The number of H-pyrrole nitrogens is 1. The molecule has 1 aliphatic rings. The van der Waals surface area contributed by atoms with Gasteiger partial charge in [-0.1, -0.05) is 0 Å². The van der Waals surface area contributed by atoms with Crippen LogP contribution >= 0.6 is 0 Å². The highest BCUT2D eigenvalue weighted by Gasteiger charge is 2.16. The fraction of sp³-hybridized carbons (Fsp3) is 0.462. The van der Waals surface area contributed by atoms with Crippen LogP contribution in [0.3, 0.4) is 0 Å². The van der Waals surface area contributed by atoms with E-state index in [0.717, 1.165) is 25.9 Å². The van der Waals surface area contributed by atoms with Crippen molar-refractivity contribution >= 4 is 17.8 Å². The highest BCUT2D eigenvalue weighted by molar-refractivity contribution is 6.01. The Bertz CT molecular complexity index is 633. The molecule has 3 heterocycles. The minimum absolute atomic E-state index is 0.304. The summed E-state index contributed by atoms with van der Waals surface area (Å²) in [7, 11) is 0. The van der Waals surface area contributed by atoms with Crippen LogP contribution in [0.1, 0.15) is 35.6 Å². The molecular weight excluding hydrogens is 270 g/mol. The summed E-state index contributed by atoms with van der Waals surface area (Å²) in [5.74, 6) is 1.18. The Morgan fingerprint density at radius 2 is 2.10 bits per heavy atom. The monoisotopic (exact) mass is 287 g/mol. The maximum atomic E-state index is 12.0. The van der Waals surface area contributed by atoms with E-state index in [2.05, 4.69) is 35.4 Å². The highest BCUT2D eigenvalue weighted by atomic mass is 16.2. The molecule has 1 saturated heterocycles. The van der Waals surface area contributed by atoms with Crippen LogP contribution in [0.4, 0.5) is 11.9 Å². The summed E-state index contributed by atoms with van der Waals surface area (Å²) < 4.78 is 0. The molecule has 8 nitrogen and oxygen atoms in total. The highest BCUT2D eigenvalue weighted by Crippen LogP contribution is 2.16. The molecule has 3 rings (SSSR count). The summed E-state index contributed by atoms with van der Waals surface area (Å²) >= 11 is 0. The molecule has 2 aromatic heterocycles. The predicted octanol–water partition coefficient (Wildman–Crippen LogP) is 1.15. The molecule has 0 saturated carbocycles. The van der Waals surface area contributed by atoms with Gasteiger partial charge in [-0.15, -0.1) is 5.10 Å². The van der Waals surface area contributed by atoms with Gasteiger partial charge in [0.2, 0.25) is 11.9 Å². The molecular formula is C13H17N7O. The van der Waals surface area contributed by atoms with Gasteiger partial charge >= 0.3 is 0 Å². The molecule has 0 unspecified atom stereocenters.